The number of hydrogen-bond acceptors (Lipinski definition) is 4. The number of amides is 2. The first-order valence-corrected chi connectivity index (χ1v) is 12.5. The van der Waals surface area contributed by atoms with Crippen LogP contribution in [0.5, 0.6) is 11.5 Å². The summed E-state index contributed by atoms with van der Waals surface area (Å²) in [6.45, 7) is 6.40. The van der Waals surface area contributed by atoms with Crippen molar-refractivity contribution in [2.45, 2.75) is 71.2 Å². The summed E-state index contributed by atoms with van der Waals surface area (Å²) < 4.78 is 24.9. The third-order valence-corrected chi connectivity index (χ3v) is 7.01. The number of rotatable bonds is 7. The fourth-order valence-corrected chi connectivity index (χ4v) is 5.11. The topological polar surface area (TPSA) is 59.1 Å². The van der Waals surface area contributed by atoms with Gasteiger partial charge in [-0.3, -0.25) is 9.59 Å². The SMILES string of the molecule is COc1cc(C2C(=O)N(C3CCC(C)CC3)CC(=O)N2Cc2ccc(F)cc2)ccc1OC(C)C. The molecule has 2 amide bonds. The van der Waals surface area contributed by atoms with Crippen LogP contribution in [0.25, 0.3) is 0 Å². The molecule has 1 atom stereocenters. The zero-order valence-electron chi connectivity index (χ0n) is 21.0. The smallest absolute Gasteiger partial charge is 0.250 e. The van der Waals surface area contributed by atoms with Gasteiger partial charge in [-0.05, 0) is 80.8 Å². The maximum Gasteiger partial charge on any atom is 0.250 e. The van der Waals surface area contributed by atoms with Crippen molar-refractivity contribution in [3.8, 4) is 11.5 Å². The van der Waals surface area contributed by atoms with E-state index in [1.54, 1.807) is 41.2 Å². The Hall–Kier alpha value is -3.09. The Balaban J connectivity index is 1.70. The lowest BCUT2D eigenvalue weighted by Crippen LogP contribution is -2.58. The third kappa shape index (κ3) is 5.60. The number of nitrogens with zero attached hydrogens (tertiary/aromatic N) is 2. The van der Waals surface area contributed by atoms with Gasteiger partial charge in [0.15, 0.2) is 11.5 Å². The molecule has 2 fully saturated rings. The van der Waals surface area contributed by atoms with E-state index >= 15 is 0 Å². The van der Waals surface area contributed by atoms with Crippen LogP contribution in [0.1, 0.15) is 63.6 Å². The van der Waals surface area contributed by atoms with E-state index in [0.29, 0.717) is 23.0 Å². The minimum atomic E-state index is -0.789. The van der Waals surface area contributed by atoms with Crippen molar-refractivity contribution >= 4 is 11.8 Å². The fourth-order valence-electron chi connectivity index (χ4n) is 5.11. The van der Waals surface area contributed by atoms with Crippen molar-refractivity contribution in [2.24, 2.45) is 5.92 Å². The summed E-state index contributed by atoms with van der Waals surface area (Å²) in [4.78, 5) is 30.8. The highest BCUT2D eigenvalue weighted by Gasteiger charge is 2.43. The first-order chi connectivity index (χ1) is 16.8. The Morgan fingerprint density at radius 1 is 1.00 bits per heavy atom. The number of benzene rings is 2. The monoisotopic (exact) mass is 482 g/mol. The number of carbonyl (C=O) groups excluding carboxylic acids is 2. The predicted molar refractivity (Wildman–Crippen MR) is 132 cm³/mol. The second kappa shape index (κ2) is 10.7. The molecule has 6 nitrogen and oxygen atoms in total. The van der Waals surface area contributed by atoms with E-state index in [1.807, 2.05) is 19.9 Å². The van der Waals surface area contributed by atoms with Crippen molar-refractivity contribution in [1.29, 1.82) is 0 Å². The van der Waals surface area contributed by atoms with Crippen molar-refractivity contribution in [3.63, 3.8) is 0 Å². The van der Waals surface area contributed by atoms with Crippen LogP contribution in [0, 0.1) is 11.7 Å². The molecule has 0 spiro atoms. The van der Waals surface area contributed by atoms with Crippen LogP contribution in [-0.2, 0) is 16.1 Å². The molecule has 0 radical (unpaired) electrons. The van der Waals surface area contributed by atoms with Crippen LogP contribution >= 0.6 is 0 Å². The Morgan fingerprint density at radius 3 is 2.31 bits per heavy atom. The first-order valence-electron chi connectivity index (χ1n) is 12.5. The molecular formula is C28H35FN2O4. The Kier molecular flexibility index (Phi) is 7.63. The largest absolute Gasteiger partial charge is 0.493 e. The van der Waals surface area contributed by atoms with Crippen LogP contribution in [0.3, 0.4) is 0 Å². The molecule has 2 aromatic carbocycles. The van der Waals surface area contributed by atoms with Gasteiger partial charge in [-0.2, -0.15) is 0 Å². The van der Waals surface area contributed by atoms with Gasteiger partial charge in [-0.15, -0.1) is 0 Å². The van der Waals surface area contributed by atoms with Gasteiger partial charge < -0.3 is 19.3 Å². The summed E-state index contributed by atoms with van der Waals surface area (Å²) in [6, 6.07) is 10.7. The zero-order valence-corrected chi connectivity index (χ0v) is 21.0. The van der Waals surface area contributed by atoms with Gasteiger partial charge in [0.1, 0.15) is 18.4 Å². The predicted octanol–water partition coefficient (Wildman–Crippen LogP) is 5.11. The zero-order chi connectivity index (χ0) is 25.1. The highest BCUT2D eigenvalue weighted by molar-refractivity contribution is 5.96. The average Bonchev–Trinajstić information content (AvgIpc) is 2.83. The second-order valence-electron chi connectivity index (χ2n) is 10.0. The summed E-state index contributed by atoms with van der Waals surface area (Å²) in [5.74, 6) is 1.22. The number of methoxy groups -OCH3 is 1. The molecule has 188 valence electrons. The first kappa shape index (κ1) is 25.0. The van der Waals surface area contributed by atoms with Gasteiger partial charge in [0.05, 0.1) is 13.2 Å². The molecule has 1 saturated heterocycles. The van der Waals surface area contributed by atoms with Crippen molar-refractivity contribution < 1.29 is 23.5 Å². The van der Waals surface area contributed by atoms with E-state index < -0.39 is 6.04 Å². The molecular weight excluding hydrogens is 447 g/mol. The minimum Gasteiger partial charge on any atom is -0.493 e. The molecule has 1 unspecified atom stereocenters. The third-order valence-electron chi connectivity index (χ3n) is 7.01. The highest BCUT2D eigenvalue weighted by atomic mass is 19.1. The Bertz CT molecular complexity index is 1050. The highest BCUT2D eigenvalue weighted by Crippen LogP contribution is 2.38. The van der Waals surface area contributed by atoms with E-state index in [-0.39, 0.29) is 42.9 Å². The van der Waals surface area contributed by atoms with Crippen molar-refractivity contribution in [2.75, 3.05) is 13.7 Å². The lowest BCUT2D eigenvalue weighted by molar-refractivity contribution is -0.160. The van der Waals surface area contributed by atoms with Gasteiger partial charge in [0.25, 0.3) is 5.91 Å². The lowest BCUT2D eigenvalue weighted by Gasteiger charge is -2.45. The summed E-state index contributed by atoms with van der Waals surface area (Å²) >= 11 is 0. The van der Waals surface area contributed by atoms with E-state index in [4.69, 9.17) is 9.47 Å². The minimum absolute atomic E-state index is 0.0354. The Labute approximate surface area is 207 Å². The molecule has 0 N–H and O–H groups in total. The van der Waals surface area contributed by atoms with Gasteiger partial charge in [-0.25, -0.2) is 4.39 Å². The number of carbonyl (C=O) groups is 2. The van der Waals surface area contributed by atoms with Crippen molar-refractivity contribution in [1.82, 2.24) is 9.80 Å². The molecule has 35 heavy (non-hydrogen) atoms. The number of halogens is 1. The lowest BCUT2D eigenvalue weighted by atomic mass is 9.85. The van der Waals surface area contributed by atoms with E-state index in [1.165, 1.54) is 12.1 Å². The maximum atomic E-state index is 14.0. The van der Waals surface area contributed by atoms with E-state index in [0.717, 1.165) is 31.2 Å². The van der Waals surface area contributed by atoms with Crippen molar-refractivity contribution in [3.05, 3.63) is 59.4 Å². The van der Waals surface area contributed by atoms with Gasteiger partial charge in [0, 0.05) is 12.6 Å². The number of hydrogen-bond donors (Lipinski definition) is 0. The van der Waals surface area contributed by atoms with Crippen LogP contribution in [0.2, 0.25) is 0 Å². The molecule has 7 heteroatoms. The number of piperazine rings is 1. The standard InChI is InChI=1S/C28H35FN2O4/c1-18(2)35-24-14-9-21(15-25(24)34-4)27-28(33)30(23-12-5-19(3)6-13-23)17-26(32)31(27)16-20-7-10-22(29)11-8-20/h7-11,14-15,18-19,23,27H,5-6,12-13,16-17H2,1-4H3. The molecule has 2 aliphatic rings. The molecule has 0 bridgehead atoms. The molecule has 1 aliphatic carbocycles. The van der Waals surface area contributed by atoms with Gasteiger partial charge >= 0.3 is 0 Å². The molecule has 0 aromatic heterocycles. The molecule has 2 aromatic rings. The summed E-state index contributed by atoms with van der Waals surface area (Å²) in [7, 11) is 1.56. The van der Waals surface area contributed by atoms with Crippen LogP contribution in [0.15, 0.2) is 42.5 Å². The summed E-state index contributed by atoms with van der Waals surface area (Å²) in [5, 5.41) is 0. The second-order valence-corrected chi connectivity index (χ2v) is 10.0. The fraction of sp³-hybridized carbons (Fsp3) is 0.500. The number of ether oxygens (including phenoxy) is 2. The Morgan fingerprint density at radius 2 is 1.69 bits per heavy atom. The summed E-state index contributed by atoms with van der Waals surface area (Å²) in [5.41, 5.74) is 1.44. The van der Waals surface area contributed by atoms with E-state index in [2.05, 4.69) is 6.92 Å². The van der Waals surface area contributed by atoms with Gasteiger partial charge in [0.2, 0.25) is 5.91 Å². The maximum absolute atomic E-state index is 14.0. The average molecular weight is 483 g/mol. The molecule has 1 aliphatic heterocycles. The van der Waals surface area contributed by atoms with Crippen LogP contribution < -0.4 is 9.47 Å². The normalized spacial score (nSPS) is 23.1. The van der Waals surface area contributed by atoms with Gasteiger partial charge in [-0.1, -0.05) is 25.1 Å². The summed E-state index contributed by atoms with van der Waals surface area (Å²) in [6.07, 6.45) is 3.90. The molecule has 1 saturated carbocycles. The van der Waals surface area contributed by atoms with E-state index in [9.17, 15) is 14.0 Å². The molecule has 1 heterocycles. The quantitative estimate of drug-likeness (QED) is 0.550. The van der Waals surface area contributed by atoms with Crippen LogP contribution in [0.4, 0.5) is 4.39 Å². The molecule has 4 rings (SSSR count). The van der Waals surface area contributed by atoms with Crippen LogP contribution in [-0.4, -0.2) is 47.4 Å².